The quantitative estimate of drug-likeness (QED) is 0.449. The molecule has 0 bridgehead atoms. The van der Waals surface area contributed by atoms with E-state index in [9.17, 15) is 0 Å². The summed E-state index contributed by atoms with van der Waals surface area (Å²) in [7, 11) is 1.82. The van der Waals surface area contributed by atoms with Crippen molar-refractivity contribution in [2.45, 2.75) is 19.4 Å². The maximum atomic E-state index is 5.69. The van der Waals surface area contributed by atoms with Gasteiger partial charge in [-0.15, -0.1) is 28.1 Å². The van der Waals surface area contributed by atoms with E-state index in [2.05, 4.69) is 16.8 Å². The van der Waals surface area contributed by atoms with E-state index >= 15 is 0 Å². The first-order valence-corrected chi connectivity index (χ1v) is 4.85. The van der Waals surface area contributed by atoms with E-state index in [0.717, 1.165) is 16.4 Å². The number of nitrogens with two attached hydrogens (primary N) is 1. The van der Waals surface area contributed by atoms with Gasteiger partial charge in [0.2, 0.25) is 0 Å². The predicted molar refractivity (Wildman–Crippen MR) is 54.2 cm³/mol. The summed E-state index contributed by atoms with van der Waals surface area (Å²) in [5, 5.41) is 11.6. The number of nitrogens with zero attached hydrogens (tertiary/aromatic N) is 3. The molecule has 0 aliphatic carbocycles. The van der Waals surface area contributed by atoms with E-state index < -0.39 is 0 Å². The van der Waals surface area contributed by atoms with Gasteiger partial charge >= 0.3 is 0 Å². The summed E-state index contributed by atoms with van der Waals surface area (Å²) >= 11 is 1.57. The van der Waals surface area contributed by atoms with Crippen LogP contribution >= 0.6 is 11.3 Å². The summed E-state index contributed by atoms with van der Waals surface area (Å²) in [6.45, 7) is 5.62. The highest BCUT2D eigenvalue weighted by Gasteiger charge is 2.16. The van der Waals surface area contributed by atoms with Crippen LogP contribution in [0.1, 0.15) is 22.5 Å². The number of hydrazine groups is 1. The molecule has 1 rings (SSSR count). The first-order chi connectivity index (χ1) is 6.15. The minimum absolute atomic E-state index is 0.101. The van der Waals surface area contributed by atoms with Crippen LogP contribution in [0.2, 0.25) is 0 Å². The summed E-state index contributed by atoms with van der Waals surface area (Å²) in [5.41, 5.74) is 0. The maximum absolute atomic E-state index is 5.69. The smallest absolute Gasteiger partial charge is 0.136 e. The maximum Gasteiger partial charge on any atom is 0.136 e. The summed E-state index contributed by atoms with van der Waals surface area (Å²) in [6.07, 6.45) is 2.63. The van der Waals surface area contributed by atoms with Crippen molar-refractivity contribution >= 4 is 11.3 Å². The second kappa shape index (κ2) is 4.45. The first kappa shape index (κ1) is 10.3. The lowest BCUT2D eigenvalue weighted by atomic mass is 10.2. The number of aryl methyl sites for hydroxylation is 1. The molecule has 0 aliphatic rings. The van der Waals surface area contributed by atoms with Crippen LogP contribution in [0.15, 0.2) is 12.7 Å². The van der Waals surface area contributed by atoms with E-state index in [1.807, 2.05) is 20.0 Å². The van der Waals surface area contributed by atoms with Gasteiger partial charge in [0.05, 0.1) is 6.04 Å². The highest BCUT2D eigenvalue weighted by atomic mass is 32.1. The summed E-state index contributed by atoms with van der Waals surface area (Å²) < 4.78 is 0. The highest BCUT2D eigenvalue weighted by molar-refractivity contribution is 7.11. The SMILES string of the molecule is C=CCC(c1nnc(C)s1)N(C)N. The van der Waals surface area contributed by atoms with E-state index in [4.69, 9.17) is 5.84 Å². The third-order valence-corrected chi connectivity index (χ3v) is 2.65. The van der Waals surface area contributed by atoms with Gasteiger partial charge < -0.3 is 0 Å². The van der Waals surface area contributed by atoms with Gasteiger partial charge in [0.25, 0.3) is 0 Å². The van der Waals surface area contributed by atoms with Gasteiger partial charge in [-0.3, -0.25) is 5.84 Å². The number of aromatic nitrogens is 2. The Labute approximate surface area is 82.0 Å². The number of hydrogen-bond acceptors (Lipinski definition) is 5. The third-order valence-electron chi connectivity index (χ3n) is 1.71. The zero-order valence-corrected chi connectivity index (χ0v) is 8.71. The van der Waals surface area contributed by atoms with Crippen molar-refractivity contribution in [1.29, 1.82) is 0 Å². The van der Waals surface area contributed by atoms with Crippen molar-refractivity contribution in [1.82, 2.24) is 15.2 Å². The van der Waals surface area contributed by atoms with Gasteiger partial charge in [0, 0.05) is 7.05 Å². The van der Waals surface area contributed by atoms with E-state index in [1.165, 1.54) is 0 Å². The molecule has 4 nitrogen and oxygen atoms in total. The molecule has 72 valence electrons. The van der Waals surface area contributed by atoms with Crippen molar-refractivity contribution in [3.63, 3.8) is 0 Å². The van der Waals surface area contributed by atoms with Crippen LogP contribution < -0.4 is 5.84 Å². The molecule has 0 amide bonds. The molecule has 5 heteroatoms. The summed E-state index contributed by atoms with van der Waals surface area (Å²) in [6, 6.07) is 0.101. The van der Waals surface area contributed by atoms with E-state index in [0.29, 0.717) is 0 Å². The van der Waals surface area contributed by atoms with Crippen LogP contribution in [0, 0.1) is 6.92 Å². The monoisotopic (exact) mass is 198 g/mol. The Morgan fingerprint density at radius 1 is 1.69 bits per heavy atom. The van der Waals surface area contributed by atoms with Gasteiger partial charge in [-0.05, 0) is 13.3 Å². The average Bonchev–Trinajstić information content (AvgIpc) is 2.46. The molecular formula is C8H14N4S. The van der Waals surface area contributed by atoms with Crippen molar-refractivity contribution in [2.75, 3.05) is 7.05 Å². The van der Waals surface area contributed by atoms with Crippen LogP contribution in [0.4, 0.5) is 0 Å². The minimum atomic E-state index is 0.101. The Balaban J connectivity index is 2.81. The molecule has 1 aromatic rings. The van der Waals surface area contributed by atoms with E-state index in [1.54, 1.807) is 16.3 Å². The molecule has 0 radical (unpaired) electrons. The van der Waals surface area contributed by atoms with Crippen molar-refractivity contribution in [2.24, 2.45) is 5.84 Å². The minimum Gasteiger partial charge on any atom is -0.268 e. The van der Waals surface area contributed by atoms with Gasteiger partial charge in [-0.25, -0.2) is 5.01 Å². The second-order valence-electron chi connectivity index (χ2n) is 2.86. The third kappa shape index (κ3) is 2.58. The Morgan fingerprint density at radius 2 is 2.38 bits per heavy atom. The molecule has 0 aromatic carbocycles. The fourth-order valence-corrected chi connectivity index (χ4v) is 1.91. The van der Waals surface area contributed by atoms with Crippen molar-refractivity contribution in [3.8, 4) is 0 Å². The fourth-order valence-electron chi connectivity index (χ4n) is 1.05. The van der Waals surface area contributed by atoms with Crippen LogP contribution in [-0.4, -0.2) is 22.3 Å². The molecule has 1 aromatic heterocycles. The molecule has 1 atom stereocenters. The van der Waals surface area contributed by atoms with E-state index in [-0.39, 0.29) is 6.04 Å². The Bertz CT molecular complexity index is 281. The molecule has 0 saturated heterocycles. The van der Waals surface area contributed by atoms with Crippen LogP contribution in [0.25, 0.3) is 0 Å². The first-order valence-electron chi connectivity index (χ1n) is 4.03. The van der Waals surface area contributed by atoms with Gasteiger partial charge in [-0.1, -0.05) is 6.08 Å². The Morgan fingerprint density at radius 3 is 2.77 bits per heavy atom. The molecular weight excluding hydrogens is 184 g/mol. The lowest BCUT2D eigenvalue weighted by Crippen LogP contribution is -2.30. The van der Waals surface area contributed by atoms with Gasteiger partial charge in [-0.2, -0.15) is 0 Å². The van der Waals surface area contributed by atoms with Crippen molar-refractivity contribution < 1.29 is 0 Å². The zero-order valence-electron chi connectivity index (χ0n) is 7.90. The molecule has 13 heavy (non-hydrogen) atoms. The van der Waals surface area contributed by atoms with Crippen LogP contribution in [0.5, 0.6) is 0 Å². The molecule has 0 spiro atoms. The Hall–Kier alpha value is -0.780. The molecule has 1 heterocycles. The highest BCUT2D eigenvalue weighted by Crippen LogP contribution is 2.23. The summed E-state index contributed by atoms with van der Waals surface area (Å²) in [5.74, 6) is 5.69. The summed E-state index contributed by atoms with van der Waals surface area (Å²) in [4.78, 5) is 0. The topological polar surface area (TPSA) is 55.0 Å². The zero-order chi connectivity index (χ0) is 9.84. The lowest BCUT2D eigenvalue weighted by molar-refractivity contribution is 0.252. The van der Waals surface area contributed by atoms with Gasteiger partial charge in [0.15, 0.2) is 0 Å². The molecule has 2 N–H and O–H groups in total. The second-order valence-corrected chi connectivity index (χ2v) is 4.08. The lowest BCUT2D eigenvalue weighted by Gasteiger charge is -2.19. The van der Waals surface area contributed by atoms with Gasteiger partial charge in [0.1, 0.15) is 10.0 Å². The van der Waals surface area contributed by atoms with Crippen molar-refractivity contribution in [3.05, 3.63) is 22.7 Å². The average molecular weight is 198 g/mol. The number of hydrogen-bond donors (Lipinski definition) is 1. The van der Waals surface area contributed by atoms with Crippen LogP contribution in [0.3, 0.4) is 0 Å². The largest absolute Gasteiger partial charge is 0.268 e. The van der Waals surface area contributed by atoms with Crippen LogP contribution in [-0.2, 0) is 0 Å². The predicted octanol–water partition coefficient (Wildman–Crippen LogP) is 1.27. The molecule has 0 saturated carbocycles. The molecule has 0 fully saturated rings. The normalized spacial score (nSPS) is 13.2. The number of rotatable bonds is 4. The fraction of sp³-hybridized carbons (Fsp3) is 0.500. The Kier molecular flexibility index (Phi) is 3.53. The molecule has 1 unspecified atom stereocenters. The molecule has 0 aliphatic heterocycles. The standard InChI is InChI=1S/C8H14N4S/c1-4-5-7(12(3)9)8-11-10-6(2)13-8/h4,7H,1,5,9H2,2-3H3.